The molecule has 0 radical (unpaired) electrons. The molecule has 0 heterocycles. The maximum absolute atomic E-state index is 12.4. The molecule has 0 saturated carbocycles. The molecule has 0 aliphatic heterocycles. The average Bonchev–Trinajstić information content (AvgIpc) is 2.65. The van der Waals surface area contributed by atoms with Crippen LogP contribution >= 0.6 is 0 Å². The van der Waals surface area contributed by atoms with Gasteiger partial charge in [0.1, 0.15) is 0 Å². The molecule has 0 fully saturated rings. The van der Waals surface area contributed by atoms with Gasteiger partial charge in [0.05, 0.1) is 25.5 Å². The zero-order chi connectivity index (χ0) is 20.7. The van der Waals surface area contributed by atoms with Crippen molar-refractivity contribution >= 4 is 27.9 Å². The molecule has 0 aliphatic carbocycles. The quantitative estimate of drug-likeness (QED) is 0.398. The molecule has 2 rings (SSSR count). The summed E-state index contributed by atoms with van der Waals surface area (Å²) in [6, 6.07) is 11.0. The monoisotopic (exact) mass is 404 g/mol. The Morgan fingerprint density at radius 2 is 1.79 bits per heavy atom. The Kier molecular flexibility index (Phi) is 6.94. The molecule has 0 spiro atoms. The number of methoxy groups -OCH3 is 2. The first-order valence-corrected chi connectivity index (χ1v) is 10.2. The molecule has 0 amide bonds. The molecule has 0 aromatic heterocycles. The first-order valence-electron chi connectivity index (χ1n) is 8.15. The van der Waals surface area contributed by atoms with Crippen molar-refractivity contribution in [2.24, 2.45) is 0 Å². The molecule has 0 bridgehead atoms. The topological polar surface area (TPSA) is 96.0 Å². The van der Waals surface area contributed by atoms with Crippen LogP contribution in [0.5, 0.6) is 11.5 Å². The van der Waals surface area contributed by atoms with Gasteiger partial charge in [0.2, 0.25) is 0 Å². The third kappa shape index (κ3) is 6.24. The standard InChI is InChI=1S/C20H20O7S/c1-25-18-12-14(8-10-19(21)26-2)7-9-17(18)27-20(22)16-6-4-5-15(11-16)13-28(3,23)24/h4-12H,13H2,1-3H3/b10-8+. The van der Waals surface area contributed by atoms with E-state index in [9.17, 15) is 18.0 Å². The van der Waals surface area contributed by atoms with Crippen LogP contribution in [0.1, 0.15) is 21.5 Å². The lowest BCUT2D eigenvalue weighted by molar-refractivity contribution is -0.134. The third-order valence-corrected chi connectivity index (χ3v) is 4.45. The molecular weight excluding hydrogens is 384 g/mol. The average molecular weight is 404 g/mol. The van der Waals surface area contributed by atoms with Gasteiger partial charge in [0.25, 0.3) is 0 Å². The summed E-state index contributed by atoms with van der Waals surface area (Å²) < 4.78 is 38.0. The number of esters is 2. The molecule has 2 aromatic rings. The van der Waals surface area contributed by atoms with Crippen LogP contribution < -0.4 is 9.47 Å². The number of carbonyl (C=O) groups excluding carboxylic acids is 2. The smallest absolute Gasteiger partial charge is 0.343 e. The highest BCUT2D eigenvalue weighted by Gasteiger charge is 2.14. The Morgan fingerprint density at radius 1 is 1.04 bits per heavy atom. The van der Waals surface area contributed by atoms with Crippen LogP contribution in [0.4, 0.5) is 0 Å². The molecule has 28 heavy (non-hydrogen) atoms. The maximum Gasteiger partial charge on any atom is 0.343 e. The summed E-state index contributed by atoms with van der Waals surface area (Å²) in [6.45, 7) is 0. The summed E-state index contributed by atoms with van der Waals surface area (Å²) in [7, 11) is -0.517. The number of ether oxygens (including phenoxy) is 3. The minimum Gasteiger partial charge on any atom is -0.493 e. The fourth-order valence-corrected chi connectivity index (χ4v) is 3.14. The normalized spacial score (nSPS) is 11.2. The summed E-state index contributed by atoms with van der Waals surface area (Å²) >= 11 is 0. The number of hydrogen-bond acceptors (Lipinski definition) is 7. The Bertz CT molecular complexity index is 1010. The van der Waals surface area contributed by atoms with Crippen LogP contribution in [0.2, 0.25) is 0 Å². The predicted octanol–water partition coefficient (Wildman–Crippen LogP) is 2.65. The van der Waals surface area contributed by atoms with E-state index in [-0.39, 0.29) is 17.1 Å². The summed E-state index contributed by atoms with van der Waals surface area (Å²) in [4.78, 5) is 23.6. The molecule has 0 aliphatic rings. The minimum absolute atomic E-state index is 0.168. The highest BCUT2D eigenvalue weighted by molar-refractivity contribution is 7.89. The lowest BCUT2D eigenvalue weighted by Gasteiger charge is -2.10. The van der Waals surface area contributed by atoms with Crippen molar-refractivity contribution in [3.63, 3.8) is 0 Å². The van der Waals surface area contributed by atoms with Crippen molar-refractivity contribution in [2.75, 3.05) is 20.5 Å². The molecule has 0 atom stereocenters. The fraction of sp³-hybridized carbons (Fsp3) is 0.200. The zero-order valence-electron chi connectivity index (χ0n) is 15.7. The molecular formula is C20H20O7S. The molecule has 148 valence electrons. The first-order chi connectivity index (χ1) is 13.2. The van der Waals surface area contributed by atoms with Crippen molar-refractivity contribution in [2.45, 2.75) is 5.75 Å². The van der Waals surface area contributed by atoms with Crippen LogP contribution in [-0.2, 0) is 25.1 Å². The van der Waals surface area contributed by atoms with E-state index < -0.39 is 21.8 Å². The predicted molar refractivity (Wildman–Crippen MR) is 104 cm³/mol. The van der Waals surface area contributed by atoms with Crippen LogP contribution in [0.25, 0.3) is 6.08 Å². The van der Waals surface area contributed by atoms with Gasteiger partial charge in [-0.2, -0.15) is 0 Å². The van der Waals surface area contributed by atoms with E-state index in [1.54, 1.807) is 24.3 Å². The highest BCUT2D eigenvalue weighted by atomic mass is 32.2. The van der Waals surface area contributed by atoms with Gasteiger partial charge in [-0.1, -0.05) is 18.2 Å². The molecule has 0 saturated heterocycles. The Morgan fingerprint density at radius 3 is 2.43 bits per heavy atom. The SMILES string of the molecule is COC(=O)/C=C/c1ccc(OC(=O)c2cccc(CS(C)(=O)=O)c2)c(OC)c1. The van der Waals surface area contributed by atoms with E-state index in [0.29, 0.717) is 16.9 Å². The number of hydrogen-bond donors (Lipinski definition) is 0. The molecule has 2 aromatic carbocycles. The van der Waals surface area contributed by atoms with Crippen molar-refractivity contribution in [1.29, 1.82) is 0 Å². The summed E-state index contributed by atoms with van der Waals surface area (Å²) in [5.41, 5.74) is 1.36. The zero-order valence-corrected chi connectivity index (χ0v) is 16.5. The number of carbonyl (C=O) groups is 2. The summed E-state index contributed by atoms with van der Waals surface area (Å²) in [5, 5.41) is 0. The van der Waals surface area contributed by atoms with Gasteiger partial charge < -0.3 is 14.2 Å². The maximum atomic E-state index is 12.4. The number of benzene rings is 2. The van der Waals surface area contributed by atoms with Gasteiger partial charge in [0, 0.05) is 12.3 Å². The van der Waals surface area contributed by atoms with Gasteiger partial charge in [-0.15, -0.1) is 0 Å². The molecule has 7 nitrogen and oxygen atoms in total. The largest absolute Gasteiger partial charge is 0.493 e. The second kappa shape index (κ2) is 9.18. The minimum atomic E-state index is -3.22. The van der Waals surface area contributed by atoms with Crippen LogP contribution in [0.3, 0.4) is 0 Å². The second-order valence-electron chi connectivity index (χ2n) is 5.93. The van der Waals surface area contributed by atoms with Gasteiger partial charge in [-0.05, 0) is 41.5 Å². The number of sulfone groups is 1. The third-order valence-electron chi connectivity index (χ3n) is 3.59. The van der Waals surface area contributed by atoms with Crippen LogP contribution in [-0.4, -0.2) is 40.8 Å². The summed E-state index contributed by atoms with van der Waals surface area (Å²) in [6.07, 6.45) is 3.92. The van der Waals surface area contributed by atoms with Gasteiger partial charge >= 0.3 is 11.9 Å². The van der Waals surface area contributed by atoms with Crippen molar-refractivity contribution in [3.05, 3.63) is 65.2 Å². The van der Waals surface area contributed by atoms with Gasteiger partial charge in [-0.25, -0.2) is 18.0 Å². The van der Waals surface area contributed by atoms with E-state index in [1.165, 1.54) is 44.6 Å². The van der Waals surface area contributed by atoms with E-state index >= 15 is 0 Å². The Hall–Kier alpha value is -3.13. The molecule has 8 heteroatoms. The fourth-order valence-electron chi connectivity index (χ4n) is 2.35. The van der Waals surface area contributed by atoms with E-state index in [0.717, 1.165) is 6.26 Å². The first kappa shape index (κ1) is 21.2. The Balaban J connectivity index is 2.20. The van der Waals surface area contributed by atoms with E-state index in [4.69, 9.17) is 9.47 Å². The van der Waals surface area contributed by atoms with Crippen LogP contribution in [0.15, 0.2) is 48.5 Å². The molecule has 0 N–H and O–H groups in total. The van der Waals surface area contributed by atoms with E-state index in [2.05, 4.69) is 4.74 Å². The van der Waals surface area contributed by atoms with Gasteiger partial charge in [-0.3, -0.25) is 0 Å². The van der Waals surface area contributed by atoms with Crippen LogP contribution in [0, 0.1) is 0 Å². The van der Waals surface area contributed by atoms with Crippen molar-refractivity contribution < 1.29 is 32.2 Å². The van der Waals surface area contributed by atoms with Crippen molar-refractivity contribution in [1.82, 2.24) is 0 Å². The molecule has 0 unspecified atom stereocenters. The van der Waals surface area contributed by atoms with Gasteiger partial charge in [0.15, 0.2) is 21.3 Å². The van der Waals surface area contributed by atoms with E-state index in [1.807, 2.05) is 0 Å². The summed E-state index contributed by atoms with van der Waals surface area (Å²) in [5.74, 6) is -0.822. The lowest BCUT2D eigenvalue weighted by atomic mass is 10.1. The lowest BCUT2D eigenvalue weighted by Crippen LogP contribution is -2.10. The second-order valence-corrected chi connectivity index (χ2v) is 8.07. The van der Waals surface area contributed by atoms with Crippen molar-refractivity contribution in [3.8, 4) is 11.5 Å². The Labute approximate surface area is 163 Å². The highest BCUT2D eigenvalue weighted by Crippen LogP contribution is 2.29. The number of rotatable bonds is 7.